The lowest BCUT2D eigenvalue weighted by molar-refractivity contribution is 0.420. The van der Waals surface area contributed by atoms with Gasteiger partial charge in [-0.1, -0.05) is 65.8 Å². The normalized spacial score (nSPS) is 11.1. The van der Waals surface area contributed by atoms with E-state index in [1.54, 1.807) is 10.9 Å². The monoisotopic (exact) mass is 385 g/mol. The van der Waals surface area contributed by atoms with Gasteiger partial charge in [0.2, 0.25) is 0 Å². The molecule has 0 spiro atoms. The summed E-state index contributed by atoms with van der Waals surface area (Å²) >= 11 is 1.52. The van der Waals surface area contributed by atoms with E-state index in [2.05, 4.69) is 10.1 Å². The Hall–Kier alpha value is -3.51. The van der Waals surface area contributed by atoms with E-state index in [9.17, 15) is 4.79 Å². The van der Waals surface area contributed by atoms with Crippen LogP contribution in [0.15, 0.2) is 88.4 Å². The second-order valence-corrected chi connectivity index (χ2v) is 7.45. The Bertz CT molecular complexity index is 1300. The van der Waals surface area contributed by atoms with Gasteiger partial charge in [-0.15, -0.1) is 11.3 Å². The van der Waals surface area contributed by atoms with Crippen LogP contribution >= 0.6 is 11.3 Å². The summed E-state index contributed by atoms with van der Waals surface area (Å²) in [5.74, 6) is 0.680. The molecule has 136 valence electrons. The summed E-state index contributed by atoms with van der Waals surface area (Å²) in [6.07, 6.45) is 1.58. The molecule has 2 aromatic carbocycles. The van der Waals surface area contributed by atoms with Crippen molar-refractivity contribution in [2.75, 3.05) is 0 Å². The molecule has 0 saturated carbocycles. The molecule has 0 bridgehead atoms. The van der Waals surface area contributed by atoms with Crippen molar-refractivity contribution in [2.24, 2.45) is 0 Å². The van der Waals surface area contributed by atoms with E-state index in [0.717, 1.165) is 20.8 Å². The summed E-state index contributed by atoms with van der Waals surface area (Å²) in [4.78, 5) is 19.2. The lowest BCUT2D eigenvalue weighted by atomic mass is 10.1. The van der Waals surface area contributed by atoms with Gasteiger partial charge in [-0.3, -0.25) is 9.36 Å². The van der Waals surface area contributed by atoms with Crippen molar-refractivity contribution in [3.05, 3.63) is 95.2 Å². The van der Waals surface area contributed by atoms with E-state index in [1.165, 1.54) is 11.3 Å². The smallest absolute Gasteiger partial charge is 0.262 e. The van der Waals surface area contributed by atoms with Crippen LogP contribution in [-0.2, 0) is 6.54 Å². The summed E-state index contributed by atoms with van der Waals surface area (Å²) in [5, 5.41) is 4.73. The average molecular weight is 385 g/mol. The Labute approximate surface area is 164 Å². The van der Waals surface area contributed by atoms with E-state index in [-0.39, 0.29) is 5.56 Å². The van der Waals surface area contributed by atoms with Gasteiger partial charge in [0, 0.05) is 16.5 Å². The molecule has 0 aliphatic rings. The van der Waals surface area contributed by atoms with Crippen LogP contribution in [0.2, 0.25) is 0 Å². The summed E-state index contributed by atoms with van der Waals surface area (Å²) in [5.41, 5.74) is 2.64. The molecule has 0 saturated heterocycles. The molecular formula is C22H15N3O2S. The maximum Gasteiger partial charge on any atom is 0.262 e. The molecular weight excluding hydrogens is 370 g/mol. The first kappa shape index (κ1) is 16.6. The SMILES string of the molecule is O=c1c2cc(-c3ccccc3)sc2ncn1Cc1cc(-c2ccccc2)on1. The second-order valence-electron chi connectivity index (χ2n) is 6.42. The molecule has 0 fully saturated rings. The maximum absolute atomic E-state index is 12.9. The summed E-state index contributed by atoms with van der Waals surface area (Å²) < 4.78 is 6.99. The van der Waals surface area contributed by atoms with Crippen LogP contribution in [0.4, 0.5) is 0 Å². The van der Waals surface area contributed by atoms with Crippen molar-refractivity contribution in [2.45, 2.75) is 6.54 Å². The van der Waals surface area contributed by atoms with Crippen molar-refractivity contribution < 1.29 is 4.52 Å². The molecule has 0 atom stereocenters. The van der Waals surface area contributed by atoms with Gasteiger partial charge in [-0.25, -0.2) is 4.98 Å². The van der Waals surface area contributed by atoms with E-state index in [4.69, 9.17) is 4.52 Å². The average Bonchev–Trinajstić information content (AvgIpc) is 3.39. The molecule has 28 heavy (non-hydrogen) atoms. The first-order valence-corrected chi connectivity index (χ1v) is 9.65. The number of nitrogens with zero attached hydrogens (tertiary/aromatic N) is 3. The highest BCUT2D eigenvalue weighted by molar-refractivity contribution is 7.21. The third-order valence-corrected chi connectivity index (χ3v) is 5.62. The quantitative estimate of drug-likeness (QED) is 0.445. The summed E-state index contributed by atoms with van der Waals surface area (Å²) in [6, 6.07) is 23.5. The van der Waals surface area contributed by atoms with Gasteiger partial charge in [0.1, 0.15) is 10.5 Å². The molecule has 0 aliphatic heterocycles. The molecule has 0 aliphatic carbocycles. The van der Waals surface area contributed by atoms with E-state index in [0.29, 0.717) is 23.4 Å². The van der Waals surface area contributed by atoms with Crippen molar-refractivity contribution in [3.63, 3.8) is 0 Å². The Morgan fingerprint density at radius 3 is 2.39 bits per heavy atom. The minimum Gasteiger partial charge on any atom is -0.356 e. The summed E-state index contributed by atoms with van der Waals surface area (Å²) in [6.45, 7) is 0.314. The highest BCUT2D eigenvalue weighted by Gasteiger charge is 2.12. The van der Waals surface area contributed by atoms with E-state index >= 15 is 0 Å². The molecule has 5 rings (SSSR count). The predicted octanol–water partition coefficient (Wildman–Crippen LogP) is 4.83. The Kier molecular flexibility index (Phi) is 4.10. The summed E-state index contributed by atoms with van der Waals surface area (Å²) in [7, 11) is 0. The van der Waals surface area contributed by atoms with Gasteiger partial charge in [-0.2, -0.15) is 0 Å². The van der Waals surface area contributed by atoms with Gasteiger partial charge in [0.15, 0.2) is 5.76 Å². The molecule has 6 heteroatoms. The van der Waals surface area contributed by atoms with Crippen LogP contribution in [0.25, 0.3) is 32.0 Å². The highest BCUT2D eigenvalue weighted by Crippen LogP contribution is 2.30. The minimum atomic E-state index is -0.0762. The number of rotatable bonds is 4. The molecule has 0 N–H and O–H groups in total. The van der Waals surface area contributed by atoms with Crippen molar-refractivity contribution in [3.8, 4) is 21.8 Å². The lowest BCUT2D eigenvalue weighted by Gasteiger charge is -2.01. The molecule has 3 aromatic heterocycles. The van der Waals surface area contributed by atoms with Crippen LogP contribution in [0.3, 0.4) is 0 Å². The first-order chi connectivity index (χ1) is 13.8. The fraction of sp³-hybridized carbons (Fsp3) is 0.0455. The third-order valence-electron chi connectivity index (χ3n) is 4.53. The second kappa shape index (κ2) is 6.90. The van der Waals surface area contributed by atoms with Gasteiger partial charge in [0.25, 0.3) is 5.56 Å². The molecule has 0 amide bonds. The standard InChI is InChI=1S/C22H15N3O2S/c26-22-18-12-20(16-9-5-2-6-10-16)28-21(18)23-14-25(22)13-17-11-19(27-24-17)15-7-3-1-4-8-15/h1-12,14H,13H2. The predicted molar refractivity (Wildman–Crippen MR) is 110 cm³/mol. The van der Waals surface area contributed by atoms with Gasteiger partial charge >= 0.3 is 0 Å². The molecule has 0 radical (unpaired) electrons. The topological polar surface area (TPSA) is 60.9 Å². The molecule has 5 aromatic rings. The number of thiophene rings is 1. The van der Waals surface area contributed by atoms with Gasteiger partial charge in [0.05, 0.1) is 18.3 Å². The minimum absolute atomic E-state index is 0.0762. The van der Waals surface area contributed by atoms with Crippen LogP contribution in [0.5, 0.6) is 0 Å². The van der Waals surface area contributed by atoms with Crippen molar-refractivity contribution in [1.29, 1.82) is 0 Å². The lowest BCUT2D eigenvalue weighted by Crippen LogP contribution is -2.20. The number of aromatic nitrogens is 3. The fourth-order valence-corrected chi connectivity index (χ4v) is 4.11. The van der Waals surface area contributed by atoms with Crippen molar-refractivity contribution >= 4 is 21.6 Å². The number of fused-ring (bicyclic) bond motifs is 1. The Balaban J connectivity index is 1.48. The number of hydrogen-bond acceptors (Lipinski definition) is 5. The fourth-order valence-electron chi connectivity index (χ4n) is 3.12. The number of hydrogen-bond donors (Lipinski definition) is 0. The molecule has 3 heterocycles. The van der Waals surface area contributed by atoms with Crippen LogP contribution < -0.4 is 5.56 Å². The Morgan fingerprint density at radius 1 is 0.929 bits per heavy atom. The van der Waals surface area contributed by atoms with Gasteiger partial charge in [-0.05, 0) is 11.6 Å². The van der Waals surface area contributed by atoms with E-state index in [1.807, 2.05) is 72.8 Å². The largest absolute Gasteiger partial charge is 0.356 e. The zero-order valence-electron chi connectivity index (χ0n) is 14.8. The van der Waals surface area contributed by atoms with Crippen LogP contribution in [0.1, 0.15) is 5.69 Å². The van der Waals surface area contributed by atoms with Gasteiger partial charge < -0.3 is 4.52 Å². The molecule has 5 nitrogen and oxygen atoms in total. The highest BCUT2D eigenvalue weighted by atomic mass is 32.1. The molecule has 0 unspecified atom stereocenters. The Morgan fingerprint density at radius 2 is 1.64 bits per heavy atom. The number of benzene rings is 2. The zero-order chi connectivity index (χ0) is 18.9. The van der Waals surface area contributed by atoms with Crippen LogP contribution in [-0.4, -0.2) is 14.7 Å². The van der Waals surface area contributed by atoms with Crippen molar-refractivity contribution in [1.82, 2.24) is 14.7 Å². The zero-order valence-corrected chi connectivity index (χ0v) is 15.6. The first-order valence-electron chi connectivity index (χ1n) is 8.83. The van der Waals surface area contributed by atoms with E-state index < -0.39 is 0 Å². The third kappa shape index (κ3) is 3.04. The van der Waals surface area contributed by atoms with Crippen LogP contribution in [0, 0.1) is 0 Å². The maximum atomic E-state index is 12.9.